The van der Waals surface area contributed by atoms with Crippen molar-refractivity contribution in [3.8, 4) is 6.07 Å². The SMILES string of the molecule is N#Cc1cc(F)c(Br)c2cc[nH]c12. The summed E-state index contributed by atoms with van der Waals surface area (Å²) < 4.78 is 13.6. The van der Waals surface area contributed by atoms with Crippen molar-refractivity contribution in [2.45, 2.75) is 0 Å². The van der Waals surface area contributed by atoms with E-state index in [9.17, 15) is 4.39 Å². The summed E-state index contributed by atoms with van der Waals surface area (Å²) in [7, 11) is 0. The first-order chi connectivity index (χ1) is 6.24. The molecule has 64 valence electrons. The highest BCUT2D eigenvalue weighted by Crippen LogP contribution is 2.28. The number of rotatable bonds is 0. The van der Waals surface area contributed by atoms with E-state index in [1.165, 1.54) is 6.07 Å². The lowest BCUT2D eigenvalue weighted by molar-refractivity contribution is 0.623. The molecule has 0 fully saturated rings. The largest absolute Gasteiger partial charge is 0.360 e. The number of nitrogens with zero attached hydrogens (tertiary/aromatic N) is 1. The molecule has 0 bridgehead atoms. The van der Waals surface area contributed by atoms with Gasteiger partial charge in [0, 0.05) is 11.6 Å². The van der Waals surface area contributed by atoms with E-state index in [0.29, 0.717) is 20.9 Å². The van der Waals surface area contributed by atoms with Crippen LogP contribution < -0.4 is 0 Å². The molecular weight excluding hydrogens is 235 g/mol. The van der Waals surface area contributed by atoms with Gasteiger partial charge >= 0.3 is 0 Å². The molecule has 0 unspecified atom stereocenters. The number of nitrogens with one attached hydrogen (secondary N) is 1. The minimum absolute atomic E-state index is 0.320. The molecule has 1 heterocycles. The highest BCUT2D eigenvalue weighted by molar-refractivity contribution is 9.10. The maximum Gasteiger partial charge on any atom is 0.139 e. The predicted molar refractivity (Wildman–Crippen MR) is 50.7 cm³/mol. The molecule has 1 aromatic carbocycles. The van der Waals surface area contributed by atoms with Crippen LogP contribution in [-0.4, -0.2) is 4.98 Å². The van der Waals surface area contributed by atoms with E-state index >= 15 is 0 Å². The molecule has 1 aromatic heterocycles. The maximum absolute atomic E-state index is 13.2. The molecule has 2 rings (SSSR count). The number of hydrogen-bond acceptors (Lipinski definition) is 1. The molecule has 0 aliphatic heterocycles. The Morgan fingerprint density at radius 3 is 3.00 bits per heavy atom. The van der Waals surface area contributed by atoms with Crippen molar-refractivity contribution in [1.82, 2.24) is 4.98 Å². The number of fused-ring (bicyclic) bond motifs is 1. The molecule has 13 heavy (non-hydrogen) atoms. The van der Waals surface area contributed by atoms with Crippen molar-refractivity contribution in [3.05, 3.63) is 34.2 Å². The molecular formula is C9H4BrFN2. The third-order valence-corrected chi connectivity index (χ3v) is 2.66. The van der Waals surface area contributed by atoms with Crippen molar-refractivity contribution < 1.29 is 4.39 Å². The van der Waals surface area contributed by atoms with Crippen LogP contribution in [0.5, 0.6) is 0 Å². The van der Waals surface area contributed by atoms with E-state index in [4.69, 9.17) is 5.26 Å². The van der Waals surface area contributed by atoms with Gasteiger partial charge < -0.3 is 4.98 Å². The smallest absolute Gasteiger partial charge is 0.139 e. The van der Waals surface area contributed by atoms with Gasteiger partial charge in [-0.25, -0.2) is 4.39 Å². The summed E-state index contributed by atoms with van der Waals surface area (Å²) in [5.74, 6) is -0.413. The van der Waals surface area contributed by atoms with Crippen LogP contribution in [0.3, 0.4) is 0 Å². The van der Waals surface area contributed by atoms with Gasteiger partial charge in [0.1, 0.15) is 11.9 Å². The van der Waals surface area contributed by atoms with Crippen LogP contribution in [0.25, 0.3) is 10.9 Å². The van der Waals surface area contributed by atoms with Crippen molar-refractivity contribution >= 4 is 26.8 Å². The second-order valence-electron chi connectivity index (χ2n) is 2.60. The Labute approximate surface area is 82.1 Å². The average Bonchev–Trinajstić information content (AvgIpc) is 2.60. The van der Waals surface area contributed by atoms with E-state index in [1.54, 1.807) is 12.3 Å². The summed E-state index contributed by atoms with van der Waals surface area (Å²) in [6.07, 6.45) is 1.68. The number of benzene rings is 1. The van der Waals surface area contributed by atoms with Crippen LogP contribution in [-0.2, 0) is 0 Å². The molecule has 0 spiro atoms. The monoisotopic (exact) mass is 238 g/mol. The van der Waals surface area contributed by atoms with Gasteiger partial charge in [-0.15, -0.1) is 0 Å². The summed E-state index contributed by atoms with van der Waals surface area (Å²) in [5.41, 5.74) is 0.983. The summed E-state index contributed by atoms with van der Waals surface area (Å²) in [6.45, 7) is 0. The first kappa shape index (κ1) is 8.27. The van der Waals surface area contributed by atoms with E-state index < -0.39 is 5.82 Å². The van der Waals surface area contributed by atoms with Crippen LogP contribution in [0.15, 0.2) is 22.8 Å². The van der Waals surface area contributed by atoms with E-state index in [1.807, 2.05) is 6.07 Å². The fourth-order valence-corrected chi connectivity index (χ4v) is 1.70. The zero-order chi connectivity index (χ0) is 9.42. The van der Waals surface area contributed by atoms with Gasteiger partial charge in [0.2, 0.25) is 0 Å². The first-order valence-electron chi connectivity index (χ1n) is 3.59. The molecule has 0 aliphatic rings. The third-order valence-electron chi connectivity index (χ3n) is 1.85. The summed E-state index contributed by atoms with van der Waals surface area (Å²) in [5, 5.41) is 9.41. The van der Waals surface area contributed by atoms with Gasteiger partial charge in [-0.1, -0.05) is 0 Å². The quantitative estimate of drug-likeness (QED) is 0.754. The number of H-pyrrole nitrogens is 1. The van der Waals surface area contributed by atoms with Gasteiger partial charge in [0.15, 0.2) is 0 Å². The number of hydrogen-bond donors (Lipinski definition) is 1. The molecule has 2 aromatic rings. The minimum Gasteiger partial charge on any atom is -0.360 e. The molecule has 0 aliphatic carbocycles. The number of halogens is 2. The normalized spacial score (nSPS) is 10.2. The molecule has 0 radical (unpaired) electrons. The highest BCUT2D eigenvalue weighted by atomic mass is 79.9. The average molecular weight is 239 g/mol. The molecule has 2 nitrogen and oxygen atoms in total. The molecule has 4 heteroatoms. The fourth-order valence-electron chi connectivity index (χ4n) is 1.25. The molecule has 0 atom stereocenters. The second kappa shape index (κ2) is 2.86. The zero-order valence-corrected chi connectivity index (χ0v) is 8.02. The van der Waals surface area contributed by atoms with E-state index in [-0.39, 0.29) is 0 Å². The Bertz CT molecular complexity index is 510. The Kier molecular flexibility index (Phi) is 1.82. The summed E-state index contributed by atoms with van der Waals surface area (Å²) in [6, 6.07) is 4.87. The van der Waals surface area contributed by atoms with Crippen LogP contribution in [0.4, 0.5) is 4.39 Å². The van der Waals surface area contributed by atoms with Gasteiger partial charge in [0.25, 0.3) is 0 Å². The van der Waals surface area contributed by atoms with Crippen LogP contribution >= 0.6 is 15.9 Å². The lowest BCUT2D eigenvalue weighted by Gasteiger charge is -1.98. The Morgan fingerprint density at radius 1 is 1.54 bits per heavy atom. The van der Waals surface area contributed by atoms with E-state index in [2.05, 4.69) is 20.9 Å². The Morgan fingerprint density at radius 2 is 2.31 bits per heavy atom. The van der Waals surface area contributed by atoms with Gasteiger partial charge in [-0.2, -0.15) is 5.26 Å². The zero-order valence-electron chi connectivity index (χ0n) is 6.44. The van der Waals surface area contributed by atoms with Crippen molar-refractivity contribution in [2.75, 3.05) is 0 Å². The van der Waals surface area contributed by atoms with Crippen LogP contribution in [0.1, 0.15) is 5.56 Å². The fraction of sp³-hybridized carbons (Fsp3) is 0. The Balaban J connectivity index is 2.97. The number of nitriles is 1. The number of aromatic amines is 1. The number of aromatic nitrogens is 1. The Hall–Kier alpha value is -1.34. The van der Waals surface area contributed by atoms with Crippen molar-refractivity contribution in [1.29, 1.82) is 5.26 Å². The molecule has 1 N–H and O–H groups in total. The van der Waals surface area contributed by atoms with Crippen LogP contribution in [0, 0.1) is 17.1 Å². The lowest BCUT2D eigenvalue weighted by Crippen LogP contribution is -1.84. The second-order valence-corrected chi connectivity index (χ2v) is 3.39. The molecule has 0 saturated carbocycles. The standard InChI is InChI=1S/C9H4BrFN2/c10-8-6-1-2-13-9(6)5(4-12)3-7(8)11/h1-3,13H. The van der Waals surface area contributed by atoms with Crippen molar-refractivity contribution in [2.24, 2.45) is 0 Å². The topological polar surface area (TPSA) is 39.6 Å². The first-order valence-corrected chi connectivity index (χ1v) is 4.38. The maximum atomic E-state index is 13.2. The van der Waals surface area contributed by atoms with Crippen LogP contribution in [0.2, 0.25) is 0 Å². The van der Waals surface area contributed by atoms with Gasteiger partial charge in [0.05, 0.1) is 15.6 Å². The summed E-state index contributed by atoms with van der Waals surface area (Å²) >= 11 is 3.12. The molecule has 0 amide bonds. The highest BCUT2D eigenvalue weighted by Gasteiger charge is 2.10. The van der Waals surface area contributed by atoms with Gasteiger partial charge in [-0.3, -0.25) is 0 Å². The van der Waals surface area contributed by atoms with E-state index in [0.717, 1.165) is 0 Å². The summed E-state index contributed by atoms with van der Waals surface area (Å²) in [4.78, 5) is 2.89. The van der Waals surface area contributed by atoms with Crippen molar-refractivity contribution in [3.63, 3.8) is 0 Å². The predicted octanol–water partition coefficient (Wildman–Crippen LogP) is 2.94. The molecule has 0 saturated heterocycles. The lowest BCUT2D eigenvalue weighted by atomic mass is 10.1. The van der Waals surface area contributed by atoms with Gasteiger partial charge in [-0.05, 0) is 28.1 Å². The minimum atomic E-state index is -0.413. The third kappa shape index (κ3) is 1.12.